The lowest BCUT2D eigenvalue weighted by Crippen LogP contribution is -2.42. The monoisotopic (exact) mass is 549 g/mol. The van der Waals surface area contributed by atoms with Crippen molar-refractivity contribution in [3.63, 3.8) is 0 Å². The van der Waals surface area contributed by atoms with Gasteiger partial charge in [0.15, 0.2) is 0 Å². The molecule has 0 saturated carbocycles. The minimum Gasteiger partial charge on any atom is -0.342 e. The van der Waals surface area contributed by atoms with Crippen LogP contribution in [0.5, 0.6) is 0 Å². The zero-order chi connectivity index (χ0) is 29.2. The van der Waals surface area contributed by atoms with Crippen molar-refractivity contribution in [1.29, 1.82) is 10.5 Å². The summed E-state index contributed by atoms with van der Waals surface area (Å²) in [5, 5.41) is 19.7. The first-order chi connectivity index (χ1) is 20.4. The highest BCUT2D eigenvalue weighted by atomic mass is 16.2. The van der Waals surface area contributed by atoms with Crippen LogP contribution in [-0.2, 0) is 6.54 Å². The van der Waals surface area contributed by atoms with Crippen LogP contribution in [0.4, 0.5) is 0 Å². The molecule has 0 unspecified atom stereocenters. The van der Waals surface area contributed by atoms with Crippen molar-refractivity contribution >= 4 is 16.8 Å². The summed E-state index contributed by atoms with van der Waals surface area (Å²) < 4.78 is 2.12. The Morgan fingerprint density at radius 1 is 0.857 bits per heavy atom. The van der Waals surface area contributed by atoms with Crippen molar-refractivity contribution in [1.82, 2.24) is 9.47 Å². The number of piperidine rings is 1. The van der Waals surface area contributed by atoms with Gasteiger partial charge in [-0.05, 0) is 84.0 Å². The Bertz CT molecular complexity index is 1860. The van der Waals surface area contributed by atoms with Crippen LogP contribution in [0.15, 0.2) is 91.1 Å². The highest BCUT2D eigenvalue weighted by Gasteiger charge is 2.26. The third-order valence-corrected chi connectivity index (χ3v) is 8.17. The number of aromatic nitrogens is 1. The summed E-state index contributed by atoms with van der Waals surface area (Å²) in [6.07, 6.45) is 3.54. The molecule has 206 valence electrons. The molecule has 6 rings (SSSR count). The number of rotatable bonds is 5. The summed E-state index contributed by atoms with van der Waals surface area (Å²) in [6.45, 7) is 3.87. The van der Waals surface area contributed by atoms with Crippen LogP contribution in [0, 0.1) is 29.6 Å². The van der Waals surface area contributed by atoms with Gasteiger partial charge in [-0.2, -0.15) is 10.5 Å². The molecule has 42 heavy (non-hydrogen) atoms. The van der Waals surface area contributed by atoms with E-state index in [-0.39, 0.29) is 11.9 Å². The molecule has 0 bridgehead atoms. The second-order valence-electron chi connectivity index (χ2n) is 11.1. The largest absolute Gasteiger partial charge is 0.342 e. The minimum atomic E-state index is 0.00490. The van der Waals surface area contributed by atoms with Crippen molar-refractivity contribution in [2.24, 2.45) is 5.73 Å². The van der Waals surface area contributed by atoms with Crippen LogP contribution in [-0.4, -0.2) is 34.5 Å². The Labute approximate surface area is 245 Å². The Morgan fingerprint density at radius 2 is 1.50 bits per heavy atom. The van der Waals surface area contributed by atoms with E-state index in [4.69, 9.17) is 5.73 Å². The van der Waals surface area contributed by atoms with E-state index in [9.17, 15) is 15.3 Å². The Morgan fingerprint density at radius 3 is 2.17 bits per heavy atom. The van der Waals surface area contributed by atoms with Crippen LogP contribution in [0.2, 0.25) is 0 Å². The zero-order valence-electron chi connectivity index (χ0n) is 23.5. The second-order valence-corrected chi connectivity index (χ2v) is 11.1. The van der Waals surface area contributed by atoms with Gasteiger partial charge in [0, 0.05) is 42.8 Å². The lowest BCUT2D eigenvalue weighted by molar-refractivity contribution is 0.0716. The zero-order valence-corrected chi connectivity index (χ0v) is 23.5. The van der Waals surface area contributed by atoms with E-state index < -0.39 is 0 Å². The minimum absolute atomic E-state index is 0.00490. The molecule has 1 saturated heterocycles. The smallest absolute Gasteiger partial charge is 0.256 e. The molecule has 0 radical (unpaired) electrons. The van der Waals surface area contributed by atoms with Crippen LogP contribution in [0.1, 0.15) is 45.5 Å². The summed E-state index contributed by atoms with van der Waals surface area (Å²) in [4.78, 5) is 15.9. The Hall–Kier alpha value is -5.17. The Kier molecular flexibility index (Phi) is 7.32. The van der Waals surface area contributed by atoms with Gasteiger partial charge in [0.1, 0.15) is 0 Å². The maximum Gasteiger partial charge on any atom is 0.256 e. The summed E-state index contributed by atoms with van der Waals surface area (Å²) in [6, 6.07) is 32.5. The summed E-state index contributed by atoms with van der Waals surface area (Å²) in [5.41, 5.74) is 15.2. The molecule has 1 aromatic heterocycles. The molecule has 5 aromatic rings. The van der Waals surface area contributed by atoms with Crippen LogP contribution < -0.4 is 5.73 Å². The van der Waals surface area contributed by atoms with E-state index in [1.807, 2.05) is 53.6 Å². The number of aryl methyl sites for hydroxylation is 1. The molecule has 0 atom stereocenters. The summed E-state index contributed by atoms with van der Waals surface area (Å²) in [7, 11) is 0. The number of likely N-dealkylation sites (tertiary alicyclic amines) is 1. The number of nitriles is 2. The summed E-state index contributed by atoms with van der Waals surface area (Å²) >= 11 is 0. The lowest BCUT2D eigenvalue weighted by Gasteiger charge is -2.30. The van der Waals surface area contributed by atoms with Gasteiger partial charge < -0.3 is 15.2 Å². The molecule has 1 aliphatic heterocycles. The third kappa shape index (κ3) is 5.29. The molecule has 0 spiro atoms. The fourth-order valence-corrected chi connectivity index (χ4v) is 5.78. The van der Waals surface area contributed by atoms with Crippen molar-refractivity contribution < 1.29 is 4.79 Å². The highest BCUT2D eigenvalue weighted by molar-refractivity contribution is 6.09. The topological polar surface area (TPSA) is 98.8 Å². The van der Waals surface area contributed by atoms with Crippen LogP contribution in [0.25, 0.3) is 33.2 Å². The number of carbonyl (C=O) groups excluding carboxylic acids is 1. The normalized spacial score (nSPS) is 13.6. The van der Waals surface area contributed by atoms with Gasteiger partial charge in [0.25, 0.3) is 5.91 Å². The molecule has 2 N–H and O–H groups in total. The predicted octanol–water partition coefficient (Wildman–Crippen LogP) is 6.64. The van der Waals surface area contributed by atoms with Crippen molar-refractivity contribution in [3.8, 4) is 34.4 Å². The number of benzene rings is 4. The molecular weight excluding hydrogens is 518 g/mol. The lowest BCUT2D eigenvalue weighted by atomic mass is 9.91. The standard InChI is InChI=1S/C36H31N5O/c1-24-5-9-28(10-6-24)32-19-35-33(18-31(32)29-11-7-25(20-37)8-12-29)34(36(42)40-15-13-30(39)14-16-40)23-41(35)22-27-4-2-3-26(17-27)21-38/h2-12,17-19,23,30H,13-16,22,39H2,1H3. The molecule has 0 aliphatic carbocycles. The number of nitrogens with two attached hydrogens (primary N) is 1. The van der Waals surface area contributed by atoms with Gasteiger partial charge in [0.2, 0.25) is 0 Å². The van der Waals surface area contributed by atoms with Crippen LogP contribution >= 0.6 is 0 Å². The average molecular weight is 550 g/mol. The molecule has 2 heterocycles. The summed E-state index contributed by atoms with van der Waals surface area (Å²) in [5.74, 6) is 0.00490. The van der Waals surface area contributed by atoms with E-state index in [2.05, 4.69) is 60.0 Å². The van der Waals surface area contributed by atoms with Gasteiger partial charge in [-0.15, -0.1) is 0 Å². The molecule has 1 amide bonds. The fraction of sp³-hybridized carbons (Fsp3) is 0.194. The van der Waals surface area contributed by atoms with Crippen molar-refractivity contribution in [2.75, 3.05) is 13.1 Å². The molecule has 1 aliphatic rings. The number of hydrogen-bond acceptors (Lipinski definition) is 4. The maximum atomic E-state index is 14.0. The fourth-order valence-electron chi connectivity index (χ4n) is 5.78. The number of carbonyl (C=O) groups is 1. The molecule has 6 nitrogen and oxygen atoms in total. The molecule has 4 aromatic carbocycles. The van der Waals surface area contributed by atoms with Gasteiger partial charge >= 0.3 is 0 Å². The van der Waals surface area contributed by atoms with Crippen molar-refractivity contribution in [2.45, 2.75) is 32.4 Å². The van der Waals surface area contributed by atoms with Gasteiger partial charge in [-0.3, -0.25) is 4.79 Å². The number of nitrogens with zero attached hydrogens (tertiary/aromatic N) is 4. The first-order valence-corrected chi connectivity index (χ1v) is 14.2. The molecule has 6 heteroatoms. The predicted molar refractivity (Wildman–Crippen MR) is 166 cm³/mol. The Balaban J connectivity index is 1.57. The van der Waals surface area contributed by atoms with E-state index in [1.165, 1.54) is 5.56 Å². The van der Waals surface area contributed by atoms with E-state index in [0.717, 1.165) is 51.6 Å². The second kappa shape index (κ2) is 11.4. The number of hydrogen-bond donors (Lipinski definition) is 1. The van der Waals surface area contributed by atoms with E-state index in [1.54, 1.807) is 6.07 Å². The third-order valence-electron chi connectivity index (χ3n) is 8.17. The first kappa shape index (κ1) is 27.0. The number of fused-ring (bicyclic) bond motifs is 1. The number of amides is 1. The average Bonchev–Trinajstić information content (AvgIpc) is 3.38. The molecule has 1 fully saturated rings. The van der Waals surface area contributed by atoms with Gasteiger partial charge in [-0.25, -0.2) is 0 Å². The van der Waals surface area contributed by atoms with E-state index in [0.29, 0.717) is 36.3 Å². The highest BCUT2D eigenvalue weighted by Crippen LogP contribution is 2.38. The quantitative estimate of drug-likeness (QED) is 0.266. The SMILES string of the molecule is Cc1ccc(-c2cc3c(cc2-c2ccc(C#N)cc2)c(C(=O)N2CCC(N)CC2)cn3Cc2cccc(C#N)c2)cc1. The maximum absolute atomic E-state index is 14.0. The van der Waals surface area contributed by atoms with Crippen molar-refractivity contribution in [3.05, 3.63) is 119 Å². The van der Waals surface area contributed by atoms with E-state index >= 15 is 0 Å². The first-order valence-electron chi connectivity index (χ1n) is 14.2. The van der Waals surface area contributed by atoms with Gasteiger partial charge in [0.05, 0.1) is 28.8 Å². The molecular formula is C36H31N5O. The van der Waals surface area contributed by atoms with Gasteiger partial charge in [-0.1, -0.05) is 54.1 Å². The van der Waals surface area contributed by atoms with Crippen LogP contribution in [0.3, 0.4) is 0 Å².